The quantitative estimate of drug-likeness (QED) is 0.666. The predicted octanol–water partition coefficient (Wildman–Crippen LogP) is 1.77. The van der Waals surface area contributed by atoms with Gasteiger partial charge < -0.3 is 15.7 Å². The Bertz CT molecular complexity index is 333. The third-order valence-corrected chi connectivity index (χ3v) is 4.45. The van der Waals surface area contributed by atoms with Crippen molar-refractivity contribution in [2.24, 2.45) is 11.3 Å². The first-order chi connectivity index (χ1) is 9.46. The van der Waals surface area contributed by atoms with Gasteiger partial charge in [0.1, 0.15) is 6.04 Å². The molecule has 0 aromatic heterocycles. The lowest BCUT2D eigenvalue weighted by Gasteiger charge is -2.37. The van der Waals surface area contributed by atoms with Gasteiger partial charge in [-0.05, 0) is 31.7 Å². The van der Waals surface area contributed by atoms with Crippen LogP contribution in [0.25, 0.3) is 0 Å². The third-order valence-electron chi connectivity index (χ3n) is 4.45. The van der Waals surface area contributed by atoms with E-state index in [4.69, 9.17) is 0 Å². The monoisotopic (exact) mass is 284 g/mol. The summed E-state index contributed by atoms with van der Waals surface area (Å²) in [5.41, 5.74) is -0.436. The largest absolute Gasteiger partial charge is 0.480 e. The van der Waals surface area contributed by atoms with E-state index in [0.717, 1.165) is 38.6 Å². The van der Waals surface area contributed by atoms with Gasteiger partial charge in [0, 0.05) is 6.54 Å². The Morgan fingerprint density at radius 2 is 2.10 bits per heavy atom. The van der Waals surface area contributed by atoms with Crippen molar-refractivity contribution in [1.29, 1.82) is 0 Å². The molecule has 5 nitrogen and oxygen atoms in total. The molecule has 0 aromatic rings. The van der Waals surface area contributed by atoms with Gasteiger partial charge in [-0.15, -0.1) is 0 Å². The molecule has 1 rings (SSSR count). The molecule has 0 radical (unpaired) electrons. The number of carboxylic acid groups (broad SMARTS) is 1. The fourth-order valence-corrected chi connectivity index (χ4v) is 2.94. The predicted molar refractivity (Wildman–Crippen MR) is 78.5 cm³/mol. The number of carbonyl (C=O) groups excluding carboxylic acids is 1. The second-order valence-electron chi connectivity index (χ2n) is 5.99. The van der Waals surface area contributed by atoms with Crippen LogP contribution < -0.4 is 10.6 Å². The highest BCUT2D eigenvalue weighted by molar-refractivity contribution is 5.87. The van der Waals surface area contributed by atoms with Gasteiger partial charge in [0.05, 0.1) is 5.41 Å². The van der Waals surface area contributed by atoms with E-state index >= 15 is 0 Å². The first-order valence-corrected chi connectivity index (χ1v) is 7.71. The highest BCUT2D eigenvalue weighted by atomic mass is 16.4. The second-order valence-corrected chi connectivity index (χ2v) is 5.99. The van der Waals surface area contributed by atoms with E-state index in [2.05, 4.69) is 17.6 Å². The molecule has 5 heteroatoms. The van der Waals surface area contributed by atoms with Gasteiger partial charge in [0.2, 0.25) is 5.91 Å². The summed E-state index contributed by atoms with van der Waals surface area (Å²) in [5.74, 6) is -1.10. The van der Waals surface area contributed by atoms with Crippen LogP contribution in [0, 0.1) is 11.3 Å². The molecular weight excluding hydrogens is 256 g/mol. The fourth-order valence-electron chi connectivity index (χ4n) is 2.94. The summed E-state index contributed by atoms with van der Waals surface area (Å²) < 4.78 is 0. The zero-order valence-corrected chi connectivity index (χ0v) is 12.9. The first-order valence-electron chi connectivity index (χ1n) is 7.71. The lowest BCUT2D eigenvalue weighted by atomic mass is 9.76. The molecule has 3 atom stereocenters. The maximum atomic E-state index is 12.6. The van der Waals surface area contributed by atoms with E-state index in [9.17, 15) is 14.7 Å². The van der Waals surface area contributed by atoms with Crippen LogP contribution in [0.4, 0.5) is 0 Å². The van der Waals surface area contributed by atoms with Crippen molar-refractivity contribution in [1.82, 2.24) is 10.6 Å². The zero-order valence-electron chi connectivity index (χ0n) is 12.9. The lowest BCUT2D eigenvalue weighted by Crippen LogP contribution is -2.55. The maximum absolute atomic E-state index is 12.6. The summed E-state index contributed by atoms with van der Waals surface area (Å²) in [6.07, 6.45) is 4.27. The number of hydrogen-bond acceptors (Lipinski definition) is 3. The normalized spacial score (nSPS) is 25.8. The fraction of sp³-hybridized carbons (Fsp3) is 0.867. The summed E-state index contributed by atoms with van der Waals surface area (Å²) >= 11 is 0. The molecule has 0 bridgehead atoms. The van der Waals surface area contributed by atoms with Crippen molar-refractivity contribution in [2.45, 2.75) is 58.9 Å². The summed E-state index contributed by atoms with van der Waals surface area (Å²) in [5, 5.41) is 15.4. The SMILES string of the molecule is CCCC1(C(=O)N[C@H](C(=O)O)C(C)CC)CCCNC1. The van der Waals surface area contributed by atoms with E-state index in [1.54, 1.807) is 0 Å². The second kappa shape index (κ2) is 7.62. The molecule has 20 heavy (non-hydrogen) atoms. The molecule has 1 heterocycles. The Labute approximate surface area is 121 Å². The minimum Gasteiger partial charge on any atom is -0.480 e. The van der Waals surface area contributed by atoms with Crippen molar-refractivity contribution in [2.75, 3.05) is 13.1 Å². The van der Waals surface area contributed by atoms with Gasteiger partial charge in [0.15, 0.2) is 0 Å². The van der Waals surface area contributed by atoms with Gasteiger partial charge in [-0.1, -0.05) is 33.6 Å². The van der Waals surface area contributed by atoms with Gasteiger partial charge in [-0.25, -0.2) is 4.79 Å². The Balaban J connectivity index is 2.81. The average molecular weight is 284 g/mol. The highest BCUT2D eigenvalue weighted by Gasteiger charge is 2.40. The van der Waals surface area contributed by atoms with E-state index in [1.165, 1.54) is 0 Å². The van der Waals surface area contributed by atoms with Crippen LogP contribution in [0.1, 0.15) is 52.9 Å². The molecule has 0 aliphatic carbocycles. The smallest absolute Gasteiger partial charge is 0.326 e. The molecule has 1 saturated heterocycles. The molecule has 0 aromatic carbocycles. The van der Waals surface area contributed by atoms with Crippen LogP contribution in [0.3, 0.4) is 0 Å². The minimum absolute atomic E-state index is 0.0633. The summed E-state index contributed by atoms with van der Waals surface area (Å²) in [6.45, 7) is 7.46. The van der Waals surface area contributed by atoms with Crippen LogP contribution in [0.2, 0.25) is 0 Å². The molecule has 116 valence electrons. The number of amides is 1. The summed E-state index contributed by atoms with van der Waals surface area (Å²) in [7, 11) is 0. The Morgan fingerprint density at radius 1 is 1.40 bits per heavy atom. The van der Waals surface area contributed by atoms with Crippen molar-refractivity contribution in [3.63, 3.8) is 0 Å². The molecule has 2 unspecified atom stereocenters. The number of carbonyl (C=O) groups is 2. The van der Waals surface area contributed by atoms with E-state index in [-0.39, 0.29) is 11.8 Å². The number of piperidine rings is 1. The van der Waals surface area contributed by atoms with Gasteiger partial charge in [0.25, 0.3) is 0 Å². The highest BCUT2D eigenvalue weighted by Crippen LogP contribution is 2.32. The molecule has 1 aliphatic rings. The minimum atomic E-state index is -0.942. The van der Waals surface area contributed by atoms with Crippen molar-refractivity contribution in [3.8, 4) is 0 Å². The number of hydrogen-bond donors (Lipinski definition) is 3. The summed E-state index contributed by atoms with van der Waals surface area (Å²) in [6, 6.07) is -0.789. The van der Waals surface area contributed by atoms with Crippen molar-refractivity contribution in [3.05, 3.63) is 0 Å². The van der Waals surface area contributed by atoms with Crippen LogP contribution in [0.5, 0.6) is 0 Å². The van der Waals surface area contributed by atoms with Crippen molar-refractivity contribution < 1.29 is 14.7 Å². The molecule has 1 aliphatic heterocycles. The molecule has 0 spiro atoms. The standard InChI is InChI=1S/C15H28N2O3/c1-4-7-15(8-6-9-16-10-15)14(20)17-12(13(18)19)11(3)5-2/h11-12,16H,4-10H2,1-3H3,(H,17,20)(H,18,19)/t11?,12-,15?/m0/s1. The van der Waals surface area contributed by atoms with E-state index < -0.39 is 17.4 Å². The average Bonchev–Trinajstić information content (AvgIpc) is 2.44. The van der Waals surface area contributed by atoms with E-state index in [1.807, 2.05) is 13.8 Å². The Morgan fingerprint density at radius 3 is 2.55 bits per heavy atom. The van der Waals surface area contributed by atoms with Gasteiger partial charge >= 0.3 is 5.97 Å². The zero-order chi connectivity index (χ0) is 15.2. The number of carboxylic acids is 1. The third kappa shape index (κ3) is 3.95. The number of aliphatic carboxylic acids is 1. The molecule has 0 saturated carbocycles. The topological polar surface area (TPSA) is 78.4 Å². The number of rotatable bonds is 7. The van der Waals surface area contributed by atoms with Crippen LogP contribution in [-0.4, -0.2) is 36.1 Å². The Kier molecular flexibility index (Phi) is 6.46. The van der Waals surface area contributed by atoms with E-state index in [0.29, 0.717) is 6.54 Å². The molecular formula is C15H28N2O3. The van der Waals surface area contributed by atoms with Gasteiger partial charge in [-0.3, -0.25) is 4.79 Å². The van der Waals surface area contributed by atoms with Crippen LogP contribution in [-0.2, 0) is 9.59 Å². The van der Waals surface area contributed by atoms with Crippen LogP contribution >= 0.6 is 0 Å². The molecule has 1 amide bonds. The molecule has 3 N–H and O–H groups in total. The van der Waals surface area contributed by atoms with Gasteiger partial charge in [-0.2, -0.15) is 0 Å². The maximum Gasteiger partial charge on any atom is 0.326 e. The Hall–Kier alpha value is -1.10. The lowest BCUT2D eigenvalue weighted by molar-refractivity contribution is -0.146. The van der Waals surface area contributed by atoms with Crippen LogP contribution in [0.15, 0.2) is 0 Å². The molecule has 1 fully saturated rings. The van der Waals surface area contributed by atoms with Crippen molar-refractivity contribution >= 4 is 11.9 Å². The first kappa shape index (κ1) is 17.0. The number of nitrogens with one attached hydrogen (secondary N) is 2. The summed E-state index contributed by atoms with van der Waals surface area (Å²) in [4.78, 5) is 24.0.